The summed E-state index contributed by atoms with van der Waals surface area (Å²) in [4.78, 5) is 38.9. The summed E-state index contributed by atoms with van der Waals surface area (Å²) in [5.74, 6) is -1.47. The van der Waals surface area contributed by atoms with Gasteiger partial charge in [0.15, 0.2) is 11.5 Å². The number of ether oxygens (including phenoxy) is 2. The van der Waals surface area contributed by atoms with Crippen molar-refractivity contribution in [2.75, 3.05) is 12.0 Å². The van der Waals surface area contributed by atoms with Gasteiger partial charge in [0.1, 0.15) is 18.0 Å². The summed E-state index contributed by atoms with van der Waals surface area (Å²) in [5.41, 5.74) is 1.65. The lowest BCUT2D eigenvalue weighted by molar-refractivity contribution is -0.122. The number of hydrogen-bond acceptors (Lipinski definition) is 5. The third kappa shape index (κ3) is 5.72. The number of methoxy groups -OCH3 is 1. The number of benzene rings is 3. The molecule has 1 fully saturated rings. The molecule has 10 heteroatoms. The van der Waals surface area contributed by atoms with E-state index < -0.39 is 23.7 Å². The lowest BCUT2D eigenvalue weighted by Gasteiger charge is -2.26. The van der Waals surface area contributed by atoms with Gasteiger partial charge in [-0.25, -0.2) is 14.1 Å². The molecule has 1 saturated heterocycles. The van der Waals surface area contributed by atoms with Crippen molar-refractivity contribution >= 4 is 52.8 Å². The van der Waals surface area contributed by atoms with Crippen molar-refractivity contribution in [3.05, 3.63) is 105 Å². The number of imide groups is 2. The first-order valence-corrected chi connectivity index (χ1v) is 12.0. The standard InChI is InChI=1S/C28H21Cl2FN2O5/c1-3-4-17-11-16(13-24(37-2)25(17)38-15-18-5-6-19(29)14-23(18)30)12-22-26(34)32-28(36)33(27(22)35)21-9-7-20(31)8-10-21/h3,5-14H,1,4,15H2,2H3,(H,32,34,36)/b22-12+. The lowest BCUT2D eigenvalue weighted by Crippen LogP contribution is -2.54. The topological polar surface area (TPSA) is 84.9 Å². The van der Waals surface area contributed by atoms with Crippen LogP contribution in [0.4, 0.5) is 14.9 Å². The quantitative estimate of drug-likeness (QED) is 0.206. The molecule has 0 bridgehead atoms. The Labute approximate surface area is 228 Å². The molecule has 4 amide bonds. The zero-order valence-corrected chi connectivity index (χ0v) is 21.6. The number of halogens is 3. The van der Waals surface area contributed by atoms with Crippen LogP contribution in [0.2, 0.25) is 10.0 Å². The number of nitrogens with one attached hydrogen (secondary N) is 1. The average molecular weight is 555 g/mol. The van der Waals surface area contributed by atoms with Crippen molar-refractivity contribution in [1.29, 1.82) is 0 Å². The minimum absolute atomic E-state index is 0.113. The molecule has 0 aliphatic carbocycles. The summed E-state index contributed by atoms with van der Waals surface area (Å²) in [6, 6.07) is 12.2. The molecule has 1 N–H and O–H groups in total. The molecule has 0 spiro atoms. The van der Waals surface area contributed by atoms with Crippen LogP contribution in [0, 0.1) is 5.82 Å². The van der Waals surface area contributed by atoms with Crippen LogP contribution in [0.25, 0.3) is 6.08 Å². The predicted molar refractivity (Wildman–Crippen MR) is 143 cm³/mol. The Kier molecular flexibility index (Phi) is 8.14. The number of hydrogen-bond donors (Lipinski definition) is 1. The number of rotatable bonds is 8. The first-order chi connectivity index (χ1) is 18.2. The van der Waals surface area contributed by atoms with Crippen molar-refractivity contribution in [2.24, 2.45) is 0 Å². The molecule has 0 atom stereocenters. The van der Waals surface area contributed by atoms with E-state index in [-0.39, 0.29) is 17.9 Å². The summed E-state index contributed by atoms with van der Waals surface area (Å²) in [5, 5.41) is 3.09. The van der Waals surface area contributed by atoms with E-state index in [0.29, 0.717) is 44.7 Å². The number of allylic oxidation sites excluding steroid dienone is 1. The van der Waals surface area contributed by atoms with E-state index in [9.17, 15) is 18.8 Å². The number of urea groups is 1. The third-order valence-electron chi connectivity index (χ3n) is 5.62. The molecule has 0 saturated carbocycles. The van der Waals surface area contributed by atoms with E-state index in [4.69, 9.17) is 32.7 Å². The van der Waals surface area contributed by atoms with Gasteiger partial charge >= 0.3 is 6.03 Å². The van der Waals surface area contributed by atoms with Crippen molar-refractivity contribution < 1.29 is 28.2 Å². The van der Waals surface area contributed by atoms with Crippen LogP contribution in [-0.4, -0.2) is 25.0 Å². The van der Waals surface area contributed by atoms with Gasteiger partial charge in [0, 0.05) is 21.2 Å². The molecule has 7 nitrogen and oxygen atoms in total. The number of carbonyl (C=O) groups is 3. The summed E-state index contributed by atoms with van der Waals surface area (Å²) >= 11 is 12.2. The largest absolute Gasteiger partial charge is 0.493 e. The number of nitrogens with zero attached hydrogens (tertiary/aromatic N) is 1. The number of carbonyl (C=O) groups excluding carboxylic acids is 3. The Balaban J connectivity index is 1.70. The zero-order valence-electron chi connectivity index (χ0n) is 20.1. The van der Waals surface area contributed by atoms with Gasteiger partial charge in [-0.2, -0.15) is 0 Å². The van der Waals surface area contributed by atoms with E-state index in [1.54, 1.807) is 36.4 Å². The molecule has 3 aromatic carbocycles. The number of anilines is 1. The highest BCUT2D eigenvalue weighted by Gasteiger charge is 2.37. The Hall–Kier alpha value is -4.14. The van der Waals surface area contributed by atoms with E-state index in [2.05, 4.69) is 11.9 Å². The summed E-state index contributed by atoms with van der Waals surface area (Å²) in [6.07, 6.45) is 3.40. The molecule has 0 unspecified atom stereocenters. The molecule has 4 rings (SSSR count). The van der Waals surface area contributed by atoms with Crippen LogP contribution in [0.5, 0.6) is 11.5 Å². The highest BCUT2D eigenvalue weighted by molar-refractivity contribution is 6.39. The molecule has 194 valence electrons. The molecule has 1 aliphatic rings. The fourth-order valence-electron chi connectivity index (χ4n) is 3.83. The van der Waals surface area contributed by atoms with Crippen molar-refractivity contribution in [3.8, 4) is 11.5 Å². The maximum Gasteiger partial charge on any atom is 0.335 e. The normalized spacial score (nSPS) is 14.5. The summed E-state index contributed by atoms with van der Waals surface area (Å²) < 4.78 is 25.0. The van der Waals surface area contributed by atoms with Crippen molar-refractivity contribution in [1.82, 2.24) is 5.32 Å². The second-order valence-corrected chi connectivity index (χ2v) is 9.01. The minimum atomic E-state index is -0.932. The highest BCUT2D eigenvalue weighted by Crippen LogP contribution is 2.36. The van der Waals surface area contributed by atoms with Crippen molar-refractivity contribution in [2.45, 2.75) is 13.0 Å². The molecular weight excluding hydrogens is 534 g/mol. The van der Waals surface area contributed by atoms with Crippen LogP contribution in [0.3, 0.4) is 0 Å². The minimum Gasteiger partial charge on any atom is -0.493 e. The first kappa shape index (κ1) is 26.9. The van der Waals surface area contributed by atoms with Gasteiger partial charge in [-0.3, -0.25) is 14.9 Å². The highest BCUT2D eigenvalue weighted by atomic mass is 35.5. The van der Waals surface area contributed by atoms with Crippen LogP contribution in [0.1, 0.15) is 16.7 Å². The molecule has 0 aromatic heterocycles. The molecule has 38 heavy (non-hydrogen) atoms. The molecule has 0 radical (unpaired) electrons. The van der Waals surface area contributed by atoms with Gasteiger partial charge in [-0.15, -0.1) is 6.58 Å². The summed E-state index contributed by atoms with van der Waals surface area (Å²) in [7, 11) is 1.46. The second kappa shape index (κ2) is 11.5. The average Bonchev–Trinajstić information content (AvgIpc) is 2.87. The van der Waals surface area contributed by atoms with Crippen LogP contribution < -0.4 is 19.7 Å². The van der Waals surface area contributed by atoms with Crippen LogP contribution >= 0.6 is 23.2 Å². The van der Waals surface area contributed by atoms with Gasteiger partial charge in [0.2, 0.25) is 0 Å². The number of barbiturate groups is 1. The molecular formula is C28H21Cl2FN2O5. The third-order valence-corrected chi connectivity index (χ3v) is 6.21. The Bertz CT molecular complexity index is 1470. The van der Waals surface area contributed by atoms with Crippen LogP contribution in [-0.2, 0) is 22.6 Å². The zero-order chi connectivity index (χ0) is 27.4. The van der Waals surface area contributed by atoms with E-state index in [1.165, 1.54) is 25.3 Å². The fourth-order valence-corrected chi connectivity index (χ4v) is 4.29. The maximum atomic E-state index is 13.4. The summed E-state index contributed by atoms with van der Waals surface area (Å²) in [6.45, 7) is 3.92. The van der Waals surface area contributed by atoms with Crippen molar-refractivity contribution in [3.63, 3.8) is 0 Å². The first-order valence-electron chi connectivity index (χ1n) is 11.3. The second-order valence-electron chi connectivity index (χ2n) is 8.16. The van der Waals surface area contributed by atoms with Gasteiger partial charge in [0.25, 0.3) is 11.8 Å². The molecule has 1 aliphatic heterocycles. The molecule has 1 heterocycles. The maximum absolute atomic E-state index is 13.4. The Morgan fingerprint density at radius 2 is 1.76 bits per heavy atom. The van der Waals surface area contributed by atoms with Gasteiger partial charge in [0.05, 0.1) is 12.8 Å². The van der Waals surface area contributed by atoms with E-state index in [1.807, 2.05) is 0 Å². The molecule has 3 aromatic rings. The van der Waals surface area contributed by atoms with E-state index >= 15 is 0 Å². The Morgan fingerprint density at radius 1 is 1.03 bits per heavy atom. The lowest BCUT2D eigenvalue weighted by atomic mass is 10.0. The monoisotopic (exact) mass is 554 g/mol. The van der Waals surface area contributed by atoms with Gasteiger partial charge < -0.3 is 9.47 Å². The van der Waals surface area contributed by atoms with Crippen LogP contribution in [0.15, 0.2) is 72.8 Å². The fraction of sp³-hybridized carbons (Fsp3) is 0.107. The number of amides is 4. The van der Waals surface area contributed by atoms with Gasteiger partial charge in [-0.05, 0) is 66.6 Å². The predicted octanol–water partition coefficient (Wildman–Crippen LogP) is 6.12. The van der Waals surface area contributed by atoms with Gasteiger partial charge in [-0.1, -0.05) is 35.3 Å². The Morgan fingerprint density at radius 3 is 2.42 bits per heavy atom. The van der Waals surface area contributed by atoms with E-state index in [0.717, 1.165) is 17.0 Å². The smallest absolute Gasteiger partial charge is 0.335 e. The SMILES string of the molecule is C=CCc1cc(/C=C2\C(=O)NC(=O)N(c3ccc(F)cc3)C2=O)cc(OC)c1OCc1ccc(Cl)cc1Cl.